The van der Waals surface area contributed by atoms with E-state index >= 15 is 0 Å². The van der Waals surface area contributed by atoms with Gasteiger partial charge in [-0.05, 0) is 12.5 Å². The van der Waals surface area contributed by atoms with Gasteiger partial charge in [-0.3, -0.25) is 4.79 Å². The smallest absolute Gasteiger partial charge is 0.383 e. The van der Waals surface area contributed by atoms with Crippen LogP contribution in [0.25, 0.3) is 0 Å². The third-order valence-corrected chi connectivity index (χ3v) is 1.59. The molecule has 1 aliphatic rings. The minimum Gasteiger partial charge on any atom is -0.450 e. The molecular formula is C9H13NO3. The molecule has 0 aromatic rings. The zero-order valence-electron chi connectivity index (χ0n) is 7.71. The Morgan fingerprint density at radius 1 is 1.77 bits per heavy atom. The summed E-state index contributed by atoms with van der Waals surface area (Å²) in [7, 11) is 0. The molecule has 13 heavy (non-hydrogen) atoms. The van der Waals surface area contributed by atoms with E-state index in [9.17, 15) is 4.79 Å². The number of carbonyl (C=O) groups excluding carboxylic acids is 1. The highest BCUT2D eigenvalue weighted by Gasteiger charge is 2.09. The lowest BCUT2D eigenvalue weighted by Gasteiger charge is -2.03. The van der Waals surface area contributed by atoms with Crippen molar-refractivity contribution in [2.45, 2.75) is 13.3 Å². The Morgan fingerprint density at radius 3 is 3.08 bits per heavy atom. The van der Waals surface area contributed by atoms with Gasteiger partial charge in [-0.1, -0.05) is 6.58 Å². The van der Waals surface area contributed by atoms with Crippen LogP contribution in [0.4, 0.5) is 0 Å². The number of allylic oxidation sites excluding steroid dienone is 1. The van der Waals surface area contributed by atoms with Gasteiger partial charge in [0, 0.05) is 6.42 Å². The van der Waals surface area contributed by atoms with Gasteiger partial charge in [0.05, 0.1) is 6.54 Å². The number of ether oxygens (including phenoxy) is 2. The van der Waals surface area contributed by atoms with Crippen LogP contribution in [0.3, 0.4) is 0 Å². The molecule has 0 N–H and O–H groups in total. The standard InChI is InChI=1S/C9H13NO3/c1-7(2)8(11)3-5-12-9-10-4-6-13-9/h1,3-6H2,2H3. The first-order valence-corrected chi connectivity index (χ1v) is 4.19. The summed E-state index contributed by atoms with van der Waals surface area (Å²) in [5.74, 6) is 0.0126. The van der Waals surface area contributed by atoms with Crippen molar-refractivity contribution in [2.75, 3.05) is 19.8 Å². The molecule has 0 spiro atoms. The lowest BCUT2D eigenvalue weighted by Crippen LogP contribution is -2.10. The Hall–Kier alpha value is -1.32. The van der Waals surface area contributed by atoms with E-state index < -0.39 is 0 Å². The molecule has 0 amide bonds. The van der Waals surface area contributed by atoms with E-state index in [4.69, 9.17) is 9.47 Å². The largest absolute Gasteiger partial charge is 0.450 e. The van der Waals surface area contributed by atoms with Crippen molar-refractivity contribution in [3.8, 4) is 0 Å². The van der Waals surface area contributed by atoms with E-state index in [-0.39, 0.29) is 5.78 Å². The minimum absolute atomic E-state index is 0.0126. The molecule has 0 unspecified atom stereocenters. The Kier molecular flexibility index (Phi) is 3.49. The molecule has 0 fully saturated rings. The number of hydrogen-bond donors (Lipinski definition) is 0. The molecule has 1 aliphatic heterocycles. The molecule has 4 heteroatoms. The first-order chi connectivity index (χ1) is 6.20. The number of aliphatic imine (C=N–C) groups is 1. The SMILES string of the molecule is C=C(C)C(=O)CCOC1=NCCO1. The molecule has 0 radical (unpaired) electrons. The van der Waals surface area contributed by atoms with Crippen LogP contribution >= 0.6 is 0 Å². The number of rotatable bonds is 4. The van der Waals surface area contributed by atoms with Crippen LogP contribution in [0.2, 0.25) is 0 Å². The first-order valence-electron chi connectivity index (χ1n) is 4.19. The second kappa shape index (κ2) is 4.64. The van der Waals surface area contributed by atoms with Crippen LogP contribution in [0, 0.1) is 0 Å². The van der Waals surface area contributed by atoms with Gasteiger partial charge >= 0.3 is 6.08 Å². The monoisotopic (exact) mass is 183 g/mol. The molecule has 0 saturated heterocycles. The predicted molar refractivity (Wildman–Crippen MR) is 48.6 cm³/mol. The van der Waals surface area contributed by atoms with Crippen LogP contribution in [0.15, 0.2) is 17.1 Å². The fourth-order valence-electron chi connectivity index (χ4n) is 0.847. The molecule has 0 aromatic carbocycles. The van der Waals surface area contributed by atoms with E-state index in [2.05, 4.69) is 11.6 Å². The molecular weight excluding hydrogens is 170 g/mol. The summed E-state index contributed by atoms with van der Waals surface area (Å²) in [5, 5.41) is 0. The van der Waals surface area contributed by atoms with Gasteiger partial charge in [-0.2, -0.15) is 0 Å². The van der Waals surface area contributed by atoms with Crippen molar-refractivity contribution in [2.24, 2.45) is 4.99 Å². The summed E-state index contributed by atoms with van der Waals surface area (Å²) in [6.07, 6.45) is 0.632. The summed E-state index contributed by atoms with van der Waals surface area (Å²) in [5.41, 5.74) is 0.554. The fraction of sp³-hybridized carbons (Fsp3) is 0.556. The van der Waals surface area contributed by atoms with Gasteiger partial charge in [-0.15, -0.1) is 0 Å². The highest BCUT2D eigenvalue weighted by molar-refractivity contribution is 5.94. The van der Waals surface area contributed by atoms with E-state index in [0.717, 1.165) is 0 Å². The Balaban J connectivity index is 2.13. The number of hydrogen-bond acceptors (Lipinski definition) is 4. The molecule has 4 nitrogen and oxygen atoms in total. The second-order valence-corrected chi connectivity index (χ2v) is 2.80. The Labute approximate surface area is 77.2 Å². The highest BCUT2D eigenvalue weighted by atomic mass is 16.7. The van der Waals surface area contributed by atoms with Crippen LogP contribution in [0.5, 0.6) is 0 Å². The molecule has 1 rings (SSSR count). The van der Waals surface area contributed by atoms with Crippen molar-refractivity contribution < 1.29 is 14.3 Å². The van der Waals surface area contributed by atoms with Crippen LogP contribution in [0.1, 0.15) is 13.3 Å². The Morgan fingerprint density at radius 2 is 2.54 bits per heavy atom. The zero-order chi connectivity index (χ0) is 9.68. The average Bonchev–Trinajstić information content (AvgIpc) is 2.56. The summed E-state index contributed by atoms with van der Waals surface area (Å²) < 4.78 is 10.1. The quantitative estimate of drug-likeness (QED) is 0.609. The molecule has 1 heterocycles. The van der Waals surface area contributed by atoms with Crippen molar-refractivity contribution >= 4 is 11.9 Å². The predicted octanol–water partition coefficient (Wildman–Crippen LogP) is 0.924. The molecule has 0 aromatic heterocycles. The second-order valence-electron chi connectivity index (χ2n) is 2.80. The number of ketones is 1. The van der Waals surface area contributed by atoms with Crippen molar-refractivity contribution in [3.05, 3.63) is 12.2 Å². The number of carbonyl (C=O) groups is 1. The summed E-state index contributed by atoms with van der Waals surface area (Å²) >= 11 is 0. The van der Waals surface area contributed by atoms with Crippen molar-refractivity contribution in [1.29, 1.82) is 0 Å². The van der Waals surface area contributed by atoms with E-state index in [0.29, 0.717) is 37.8 Å². The molecule has 0 atom stereocenters. The maximum atomic E-state index is 11.1. The normalized spacial score (nSPS) is 14.7. The average molecular weight is 183 g/mol. The van der Waals surface area contributed by atoms with E-state index in [1.165, 1.54) is 0 Å². The maximum Gasteiger partial charge on any atom is 0.383 e. The third kappa shape index (κ3) is 3.27. The first kappa shape index (κ1) is 9.77. The fourth-order valence-corrected chi connectivity index (χ4v) is 0.847. The molecule has 0 bridgehead atoms. The Bertz CT molecular complexity index is 243. The van der Waals surface area contributed by atoms with Gasteiger partial charge in [0.1, 0.15) is 13.2 Å². The highest BCUT2D eigenvalue weighted by Crippen LogP contribution is 1.99. The third-order valence-electron chi connectivity index (χ3n) is 1.59. The van der Waals surface area contributed by atoms with Gasteiger partial charge in [0.25, 0.3) is 0 Å². The van der Waals surface area contributed by atoms with Gasteiger partial charge in [0.2, 0.25) is 0 Å². The van der Waals surface area contributed by atoms with Crippen molar-refractivity contribution in [3.63, 3.8) is 0 Å². The van der Waals surface area contributed by atoms with Crippen LogP contribution < -0.4 is 0 Å². The van der Waals surface area contributed by atoms with Gasteiger partial charge in [0.15, 0.2) is 5.78 Å². The van der Waals surface area contributed by atoms with Gasteiger partial charge in [-0.25, -0.2) is 4.99 Å². The summed E-state index contributed by atoms with van der Waals surface area (Å²) in [4.78, 5) is 15.0. The lowest BCUT2D eigenvalue weighted by molar-refractivity contribution is -0.116. The van der Waals surface area contributed by atoms with Crippen LogP contribution in [-0.4, -0.2) is 31.6 Å². The topological polar surface area (TPSA) is 47.9 Å². The summed E-state index contributed by atoms with van der Waals surface area (Å²) in [6, 6.07) is 0. The number of nitrogens with zero attached hydrogens (tertiary/aromatic N) is 1. The van der Waals surface area contributed by atoms with Crippen molar-refractivity contribution in [1.82, 2.24) is 0 Å². The minimum atomic E-state index is 0.0126. The van der Waals surface area contributed by atoms with Crippen LogP contribution in [-0.2, 0) is 14.3 Å². The molecule has 0 aliphatic carbocycles. The van der Waals surface area contributed by atoms with E-state index in [1.807, 2.05) is 0 Å². The molecule has 72 valence electrons. The van der Waals surface area contributed by atoms with E-state index in [1.54, 1.807) is 6.92 Å². The zero-order valence-corrected chi connectivity index (χ0v) is 7.71. The number of Topliss-reactive ketones (excluding diaryl/α,β-unsaturated/α-hetero) is 1. The lowest BCUT2D eigenvalue weighted by atomic mass is 10.2. The molecule has 0 saturated carbocycles. The maximum absolute atomic E-state index is 11.1. The summed E-state index contributed by atoms with van der Waals surface area (Å²) in [6.45, 7) is 6.75. The van der Waals surface area contributed by atoms with Gasteiger partial charge < -0.3 is 9.47 Å².